The maximum absolute atomic E-state index is 13.3. The normalized spacial score (nSPS) is 19.9. The summed E-state index contributed by atoms with van der Waals surface area (Å²) in [6.45, 7) is 0.833. The molecule has 168 valence electrons. The van der Waals surface area contributed by atoms with Crippen molar-refractivity contribution in [3.05, 3.63) is 53.9 Å². The maximum Gasteiger partial charge on any atom is 0.225 e. The molecular weight excluding hydrogens is 400 g/mol. The number of rotatable bonds is 6. The number of nitrogens with one attached hydrogen (secondary N) is 1. The average Bonchev–Trinajstić information content (AvgIpc) is 3.28. The Kier molecular flexibility index (Phi) is 6.37. The third kappa shape index (κ3) is 4.50. The van der Waals surface area contributed by atoms with E-state index in [0.717, 1.165) is 48.8 Å². The quantitative estimate of drug-likeness (QED) is 0.569. The highest BCUT2D eigenvalue weighted by molar-refractivity contribution is 5.86. The van der Waals surface area contributed by atoms with Crippen molar-refractivity contribution < 1.29 is 9.53 Å². The van der Waals surface area contributed by atoms with E-state index in [4.69, 9.17) is 4.74 Å². The van der Waals surface area contributed by atoms with E-state index in [2.05, 4.69) is 44.3 Å². The Morgan fingerprint density at radius 1 is 1.03 bits per heavy atom. The summed E-state index contributed by atoms with van der Waals surface area (Å²) in [5, 5.41) is 8.54. The van der Waals surface area contributed by atoms with Crippen LogP contribution >= 0.6 is 0 Å². The first-order chi connectivity index (χ1) is 15.8. The molecule has 2 aromatic heterocycles. The number of pyridine rings is 1. The smallest absolute Gasteiger partial charge is 0.225 e. The predicted octanol–water partition coefficient (Wildman–Crippen LogP) is 5.36. The highest BCUT2D eigenvalue weighted by atomic mass is 16.5. The molecule has 6 heteroatoms. The summed E-state index contributed by atoms with van der Waals surface area (Å²) < 4.78 is 6.30. The van der Waals surface area contributed by atoms with E-state index in [1.165, 1.54) is 31.2 Å². The fraction of sp³-hybridized carbons (Fsp3) is 0.500. The fourth-order valence-electron chi connectivity index (χ4n) is 5.23. The number of nitrogens with zero attached hydrogens (tertiary/aromatic N) is 3. The predicted molar refractivity (Wildman–Crippen MR) is 124 cm³/mol. The summed E-state index contributed by atoms with van der Waals surface area (Å²) in [6.07, 6.45) is 12.2. The van der Waals surface area contributed by atoms with Crippen LogP contribution in [0.3, 0.4) is 0 Å². The standard InChI is InChI=1S/C26H32N4O2/c31-24(30-18-8-7-13-23(30)19-9-3-1-4-10-19)15-14-21-25-22(29-28-21)16-17-27-26(25)32-20-11-5-2-6-12-20/h1,3-4,9-10,16-17,20,23H,2,5-8,11-15,18H2,(H,28,29)/t23-/m1/s1. The minimum Gasteiger partial charge on any atom is -0.474 e. The van der Waals surface area contributed by atoms with Crippen LogP contribution in [0.2, 0.25) is 0 Å². The first-order valence-electron chi connectivity index (χ1n) is 12.1. The van der Waals surface area contributed by atoms with E-state index in [0.29, 0.717) is 18.7 Å². The fourth-order valence-corrected chi connectivity index (χ4v) is 5.23. The summed E-state index contributed by atoms with van der Waals surface area (Å²) in [5.41, 5.74) is 3.04. The molecule has 2 fully saturated rings. The number of hydrogen-bond donors (Lipinski definition) is 1. The molecule has 2 aliphatic rings. The second-order valence-corrected chi connectivity index (χ2v) is 9.10. The van der Waals surface area contributed by atoms with Crippen molar-refractivity contribution in [3.63, 3.8) is 0 Å². The van der Waals surface area contributed by atoms with Crippen LogP contribution in [0.4, 0.5) is 0 Å². The summed E-state index contributed by atoms with van der Waals surface area (Å²) in [5.74, 6) is 0.866. The van der Waals surface area contributed by atoms with E-state index in [1.54, 1.807) is 6.20 Å². The van der Waals surface area contributed by atoms with Crippen LogP contribution in [0, 0.1) is 0 Å². The zero-order valence-corrected chi connectivity index (χ0v) is 18.6. The number of hydrogen-bond acceptors (Lipinski definition) is 4. The minimum absolute atomic E-state index is 0.183. The molecule has 3 heterocycles. The summed E-state index contributed by atoms with van der Waals surface area (Å²) in [7, 11) is 0. The van der Waals surface area contributed by atoms with Crippen LogP contribution in [0.25, 0.3) is 10.9 Å². The Balaban J connectivity index is 1.30. The lowest BCUT2D eigenvalue weighted by atomic mass is 9.94. The van der Waals surface area contributed by atoms with Crippen LogP contribution in [-0.4, -0.2) is 38.6 Å². The molecule has 1 N–H and O–H groups in total. The third-order valence-corrected chi connectivity index (χ3v) is 6.93. The molecule has 0 bridgehead atoms. The Labute approximate surface area is 189 Å². The summed E-state index contributed by atoms with van der Waals surface area (Å²) in [6, 6.07) is 12.5. The molecule has 0 spiro atoms. The van der Waals surface area contributed by atoms with Gasteiger partial charge in [-0.05, 0) is 63.0 Å². The van der Waals surface area contributed by atoms with Gasteiger partial charge in [0.1, 0.15) is 6.10 Å². The van der Waals surface area contributed by atoms with E-state index in [1.807, 2.05) is 12.1 Å². The molecule has 6 nitrogen and oxygen atoms in total. The lowest BCUT2D eigenvalue weighted by Gasteiger charge is -2.36. The number of aromatic amines is 1. The zero-order valence-electron chi connectivity index (χ0n) is 18.6. The Hall–Kier alpha value is -2.89. The lowest BCUT2D eigenvalue weighted by molar-refractivity contribution is -0.135. The van der Waals surface area contributed by atoms with E-state index >= 15 is 0 Å². The second kappa shape index (κ2) is 9.72. The third-order valence-electron chi connectivity index (χ3n) is 6.93. The first kappa shape index (κ1) is 21.0. The van der Waals surface area contributed by atoms with Crippen LogP contribution in [0.1, 0.15) is 75.1 Å². The van der Waals surface area contributed by atoms with E-state index in [9.17, 15) is 4.79 Å². The Bertz CT molecular complexity index is 1040. The molecule has 1 amide bonds. The largest absolute Gasteiger partial charge is 0.474 e. The van der Waals surface area contributed by atoms with Crippen LogP contribution in [0.5, 0.6) is 5.88 Å². The van der Waals surface area contributed by atoms with Gasteiger partial charge in [0.05, 0.1) is 16.9 Å². The number of carbonyl (C=O) groups excluding carboxylic acids is 1. The monoisotopic (exact) mass is 432 g/mol. The molecular formula is C26H32N4O2. The number of fused-ring (bicyclic) bond motifs is 1. The Morgan fingerprint density at radius 2 is 1.84 bits per heavy atom. The van der Waals surface area contributed by atoms with Gasteiger partial charge in [-0.2, -0.15) is 5.10 Å². The van der Waals surface area contributed by atoms with Gasteiger partial charge in [0.2, 0.25) is 11.8 Å². The van der Waals surface area contributed by atoms with Gasteiger partial charge in [0, 0.05) is 24.9 Å². The molecule has 1 aromatic carbocycles. The van der Waals surface area contributed by atoms with Gasteiger partial charge < -0.3 is 9.64 Å². The number of benzene rings is 1. The zero-order chi connectivity index (χ0) is 21.8. The van der Waals surface area contributed by atoms with E-state index in [-0.39, 0.29) is 18.1 Å². The molecule has 32 heavy (non-hydrogen) atoms. The molecule has 1 aliphatic heterocycles. The number of likely N-dealkylation sites (tertiary alicyclic amines) is 1. The average molecular weight is 433 g/mol. The van der Waals surface area contributed by atoms with Gasteiger partial charge in [0.25, 0.3) is 0 Å². The van der Waals surface area contributed by atoms with Crippen LogP contribution in [0.15, 0.2) is 42.6 Å². The molecule has 1 atom stereocenters. The lowest BCUT2D eigenvalue weighted by Crippen LogP contribution is -2.38. The number of carbonyl (C=O) groups is 1. The minimum atomic E-state index is 0.183. The van der Waals surface area contributed by atoms with Gasteiger partial charge >= 0.3 is 0 Å². The number of H-pyrrole nitrogens is 1. The maximum atomic E-state index is 13.3. The SMILES string of the molecule is O=C(CCc1[nH]nc2ccnc(OC3CCCCC3)c12)N1CCCC[C@@H]1c1ccccc1. The first-order valence-corrected chi connectivity index (χ1v) is 12.1. The second-order valence-electron chi connectivity index (χ2n) is 9.10. The van der Waals surface area contributed by atoms with E-state index < -0.39 is 0 Å². The van der Waals surface area contributed by atoms with Crippen molar-refractivity contribution in [1.82, 2.24) is 20.1 Å². The van der Waals surface area contributed by atoms with Gasteiger partial charge in [-0.25, -0.2) is 4.98 Å². The van der Waals surface area contributed by atoms with Crippen molar-refractivity contribution in [3.8, 4) is 5.88 Å². The molecule has 0 radical (unpaired) electrons. The molecule has 3 aromatic rings. The number of ether oxygens (including phenoxy) is 1. The molecule has 1 saturated heterocycles. The van der Waals surface area contributed by atoms with Crippen molar-refractivity contribution in [2.75, 3.05) is 6.54 Å². The van der Waals surface area contributed by atoms with Crippen LogP contribution < -0.4 is 4.74 Å². The number of amides is 1. The summed E-state index contributed by atoms with van der Waals surface area (Å²) >= 11 is 0. The summed E-state index contributed by atoms with van der Waals surface area (Å²) in [4.78, 5) is 19.9. The van der Waals surface area contributed by atoms with Gasteiger partial charge in [0.15, 0.2) is 0 Å². The number of piperidine rings is 1. The van der Waals surface area contributed by atoms with Gasteiger partial charge in [-0.3, -0.25) is 9.89 Å². The van der Waals surface area contributed by atoms with Crippen molar-refractivity contribution in [2.24, 2.45) is 0 Å². The van der Waals surface area contributed by atoms with Crippen molar-refractivity contribution in [2.45, 2.75) is 76.4 Å². The van der Waals surface area contributed by atoms with Crippen molar-refractivity contribution in [1.29, 1.82) is 0 Å². The highest BCUT2D eigenvalue weighted by Crippen LogP contribution is 2.33. The van der Waals surface area contributed by atoms with Gasteiger partial charge in [-0.15, -0.1) is 0 Å². The topological polar surface area (TPSA) is 71.1 Å². The molecule has 5 rings (SSSR count). The highest BCUT2D eigenvalue weighted by Gasteiger charge is 2.28. The van der Waals surface area contributed by atoms with Crippen LogP contribution in [-0.2, 0) is 11.2 Å². The Morgan fingerprint density at radius 3 is 2.69 bits per heavy atom. The van der Waals surface area contributed by atoms with Gasteiger partial charge in [-0.1, -0.05) is 36.8 Å². The number of aromatic nitrogens is 3. The number of aryl methyl sites for hydroxylation is 1. The molecule has 0 unspecified atom stereocenters. The molecule has 1 saturated carbocycles. The van der Waals surface area contributed by atoms with Crippen molar-refractivity contribution >= 4 is 16.8 Å². The molecule has 1 aliphatic carbocycles.